The van der Waals surface area contributed by atoms with E-state index in [0.717, 1.165) is 36.2 Å². The van der Waals surface area contributed by atoms with E-state index in [1.807, 2.05) is 42.5 Å². The number of hydrogen-bond acceptors (Lipinski definition) is 6. The number of piperidine rings is 1. The van der Waals surface area contributed by atoms with Gasteiger partial charge in [0.1, 0.15) is 16.8 Å². The van der Waals surface area contributed by atoms with Crippen LogP contribution in [-0.2, 0) is 16.0 Å². The van der Waals surface area contributed by atoms with Crippen molar-refractivity contribution in [3.8, 4) is 0 Å². The van der Waals surface area contributed by atoms with Gasteiger partial charge in [0, 0.05) is 37.0 Å². The Kier molecular flexibility index (Phi) is 9.44. The highest BCUT2D eigenvalue weighted by Crippen LogP contribution is 2.38. The van der Waals surface area contributed by atoms with Gasteiger partial charge < -0.3 is 10.2 Å². The number of Topliss-reactive ketones (excluding diaryl/α,β-unsaturated/α-hetero) is 1. The second-order valence-electron chi connectivity index (χ2n) is 10.3. The first-order valence-corrected chi connectivity index (χ1v) is 14.5. The number of carbonyl (C=O) groups is 2. The van der Waals surface area contributed by atoms with E-state index >= 15 is 0 Å². The summed E-state index contributed by atoms with van der Waals surface area (Å²) < 4.78 is 0. The lowest BCUT2D eigenvalue weighted by atomic mass is 9.70. The number of rotatable bonds is 10. The molecule has 0 radical (unpaired) electrons. The molecule has 8 heteroatoms. The molecule has 0 saturated carbocycles. The molecule has 1 amide bonds. The highest BCUT2D eigenvalue weighted by atomic mass is 35.5. The summed E-state index contributed by atoms with van der Waals surface area (Å²) in [5.41, 5.74) is 2.29. The zero-order chi connectivity index (χ0) is 27.1. The summed E-state index contributed by atoms with van der Waals surface area (Å²) in [4.78, 5) is 36.6. The summed E-state index contributed by atoms with van der Waals surface area (Å²) >= 11 is 7.88. The third kappa shape index (κ3) is 6.94. The molecule has 1 fully saturated rings. The number of amides is 1. The largest absolute Gasteiger partial charge is 0.356 e. The van der Waals surface area contributed by atoms with E-state index in [0.29, 0.717) is 47.2 Å². The first-order chi connectivity index (χ1) is 18.3. The number of benzene rings is 2. The molecule has 1 N–H and O–H groups in total. The molecule has 0 unspecified atom stereocenters. The van der Waals surface area contributed by atoms with Crippen molar-refractivity contribution < 1.29 is 9.59 Å². The van der Waals surface area contributed by atoms with Crippen molar-refractivity contribution in [2.45, 2.75) is 56.4 Å². The molecule has 200 valence electrons. The third-order valence-electron chi connectivity index (χ3n) is 7.17. The maximum Gasteiger partial charge on any atom is 0.251 e. The molecule has 1 aliphatic rings. The van der Waals surface area contributed by atoms with E-state index in [9.17, 15) is 9.59 Å². The molecular weight excluding hydrogens is 516 g/mol. The fourth-order valence-corrected chi connectivity index (χ4v) is 5.88. The second kappa shape index (κ2) is 12.8. The van der Waals surface area contributed by atoms with Crippen LogP contribution in [0.3, 0.4) is 0 Å². The van der Waals surface area contributed by atoms with E-state index in [1.54, 1.807) is 13.0 Å². The fourth-order valence-electron chi connectivity index (χ4n) is 4.86. The summed E-state index contributed by atoms with van der Waals surface area (Å²) in [5.74, 6) is 2.09. The van der Waals surface area contributed by atoms with Crippen LogP contribution in [0.1, 0.15) is 61.5 Å². The number of anilines is 1. The first-order valence-electron chi connectivity index (χ1n) is 13.1. The van der Waals surface area contributed by atoms with Crippen LogP contribution in [0.5, 0.6) is 0 Å². The zero-order valence-electron chi connectivity index (χ0n) is 22.2. The molecule has 2 heterocycles. The van der Waals surface area contributed by atoms with Gasteiger partial charge in [0.05, 0.1) is 5.41 Å². The molecule has 0 spiro atoms. The predicted molar refractivity (Wildman–Crippen MR) is 155 cm³/mol. The molecule has 1 aromatic heterocycles. The van der Waals surface area contributed by atoms with Gasteiger partial charge in [-0.1, -0.05) is 79.7 Å². The van der Waals surface area contributed by atoms with Gasteiger partial charge in [-0.25, -0.2) is 9.97 Å². The van der Waals surface area contributed by atoms with Gasteiger partial charge in [-0.2, -0.15) is 0 Å². The number of carbonyl (C=O) groups excluding carboxylic acids is 2. The van der Waals surface area contributed by atoms with E-state index in [4.69, 9.17) is 16.6 Å². The molecular formula is C30H35ClN4O2S. The van der Waals surface area contributed by atoms with Crippen LogP contribution < -0.4 is 10.2 Å². The predicted octanol–water partition coefficient (Wildman–Crippen LogP) is 6.33. The topological polar surface area (TPSA) is 75.2 Å². The van der Waals surface area contributed by atoms with Gasteiger partial charge in [0.15, 0.2) is 5.16 Å². The van der Waals surface area contributed by atoms with Gasteiger partial charge in [-0.3, -0.25) is 9.59 Å². The van der Waals surface area contributed by atoms with Crippen molar-refractivity contribution in [2.75, 3.05) is 24.5 Å². The molecule has 1 aliphatic heterocycles. The quantitative estimate of drug-likeness (QED) is 0.181. The van der Waals surface area contributed by atoms with Gasteiger partial charge in [-0.15, -0.1) is 0 Å². The maximum absolute atomic E-state index is 12.7. The lowest BCUT2D eigenvalue weighted by Crippen LogP contribution is -2.47. The minimum absolute atomic E-state index is 0.0546. The van der Waals surface area contributed by atoms with Crippen LogP contribution in [0.2, 0.25) is 5.15 Å². The Balaban J connectivity index is 1.40. The zero-order valence-corrected chi connectivity index (χ0v) is 23.8. The van der Waals surface area contributed by atoms with Crippen molar-refractivity contribution in [1.82, 2.24) is 15.3 Å². The summed E-state index contributed by atoms with van der Waals surface area (Å²) in [6.45, 7) is 8.07. The van der Waals surface area contributed by atoms with Gasteiger partial charge in [0.2, 0.25) is 0 Å². The SMILES string of the molecule is CC(=O)C1(c2ccccc2)CCN(c2cc(Cl)nc(SCc3cccc(C(=O)NCCC(C)C)c3)n2)CC1. The molecule has 2 aromatic carbocycles. The lowest BCUT2D eigenvalue weighted by Gasteiger charge is -2.41. The van der Waals surface area contributed by atoms with Crippen molar-refractivity contribution >= 4 is 40.9 Å². The number of nitrogens with zero attached hydrogens (tertiary/aromatic N) is 3. The Hall–Kier alpha value is -2.90. The molecule has 38 heavy (non-hydrogen) atoms. The van der Waals surface area contributed by atoms with Crippen LogP contribution in [0.25, 0.3) is 0 Å². The molecule has 3 aromatic rings. The van der Waals surface area contributed by atoms with Crippen molar-refractivity contribution in [2.24, 2.45) is 5.92 Å². The Morgan fingerprint density at radius 3 is 2.47 bits per heavy atom. The summed E-state index contributed by atoms with van der Waals surface area (Å²) in [5, 5.41) is 3.97. The van der Waals surface area contributed by atoms with Gasteiger partial charge in [0.25, 0.3) is 5.91 Å². The molecule has 4 rings (SSSR count). The van der Waals surface area contributed by atoms with Crippen LogP contribution >= 0.6 is 23.4 Å². The molecule has 1 saturated heterocycles. The summed E-state index contributed by atoms with van der Waals surface area (Å²) in [6, 6.07) is 19.5. The van der Waals surface area contributed by atoms with Crippen LogP contribution in [0.4, 0.5) is 5.82 Å². The second-order valence-corrected chi connectivity index (χ2v) is 11.6. The van der Waals surface area contributed by atoms with E-state index < -0.39 is 5.41 Å². The minimum Gasteiger partial charge on any atom is -0.356 e. The Labute approximate surface area is 234 Å². The van der Waals surface area contributed by atoms with Gasteiger partial charge in [-0.05, 0) is 55.4 Å². The number of aromatic nitrogens is 2. The first kappa shape index (κ1) is 28.1. The van der Waals surface area contributed by atoms with E-state index in [2.05, 4.69) is 41.2 Å². The highest BCUT2D eigenvalue weighted by Gasteiger charge is 2.40. The lowest BCUT2D eigenvalue weighted by molar-refractivity contribution is -0.123. The standard InChI is InChI=1S/C30H35ClN4O2S/c1-21(2)12-15-32-28(37)24-9-7-8-23(18-24)20-38-29-33-26(31)19-27(34-29)35-16-13-30(14-17-35,22(3)36)25-10-5-4-6-11-25/h4-11,18-19,21H,12-17,20H2,1-3H3,(H,32,37). The average Bonchev–Trinajstić information content (AvgIpc) is 2.92. The van der Waals surface area contributed by atoms with Crippen molar-refractivity contribution in [3.63, 3.8) is 0 Å². The number of ketones is 1. The Morgan fingerprint density at radius 1 is 1.05 bits per heavy atom. The van der Waals surface area contributed by atoms with Crippen LogP contribution in [0.15, 0.2) is 65.8 Å². The van der Waals surface area contributed by atoms with Crippen molar-refractivity contribution in [3.05, 3.63) is 82.5 Å². The number of hydrogen-bond donors (Lipinski definition) is 1. The number of halogens is 1. The normalized spacial score (nSPS) is 14.9. The maximum atomic E-state index is 12.7. The summed E-state index contributed by atoms with van der Waals surface area (Å²) in [6.07, 6.45) is 2.40. The Bertz CT molecular complexity index is 1260. The minimum atomic E-state index is -0.460. The molecule has 0 aliphatic carbocycles. The monoisotopic (exact) mass is 550 g/mol. The summed E-state index contributed by atoms with van der Waals surface area (Å²) in [7, 11) is 0. The van der Waals surface area contributed by atoms with E-state index in [1.165, 1.54) is 11.8 Å². The number of nitrogens with one attached hydrogen (secondary N) is 1. The Morgan fingerprint density at radius 2 is 1.79 bits per heavy atom. The van der Waals surface area contributed by atoms with Crippen LogP contribution in [0, 0.1) is 5.92 Å². The third-order valence-corrected chi connectivity index (χ3v) is 8.28. The highest BCUT2D eigenvalue weighted by molar-refractivity contribution is 7.98. The van der Waals surface area contributed by atoms with Crippen LogP contribution in [-0.4, -0.2) is 41.3 Å². The average molecular weight is 551 g/mol. The molecule has 0 bridgehead atoms. The molecule has 6 nitrogen and oxygen atoms in total. The number of thioether (sulfide) groups is 1. The fraction of sp³-hybridized carbons (Fsp3) is 0.400. The smallest absolute Gasteiger partial charge is 0.251 e. The van der Waals surface area contributed by atoms with E-state index in [-0.39, 0.29) is 11.7 Å². The van der Waals surface area contributed by atoms with Gasteiger partial charge >= 0.3 is 0 Å². The molecule has 0 atom stereocenters. The van der Waals surface area contributed by atoms with Crippen molar-refractivity contribution in [1.29, 1.82) is 0 Å².